The molecule has 2 aromatic rings. The van der Waals surface area contributed by atoms with E-state index in [1.807, 2.05) is 0 Å². The predicted octanol–water partition coefficient (Wildman–Crippen LogP) is 2.51. The number of ketones is 1. The van der Waals surface area contributed by atoms with Crippen LogP contribution in [0.4, 0.5) is 0 Å². The first kappa shape index (κ1) is 17.6. The summed E-state index contributed by atoms with van der Waals surface area (Å²) in [4.78, 5) is 24.5. The SMILES string of the molecule is COc1cc(OC)cc(C(=O)OCC(=O)c2ccc3c(c2)OCCO3)c1. The van der Waals surface area contributed by atoms with Crippen molar-refractivity contribution in [3.8, 4) is 23.0 Å². The molecule has 0 aliphatic carbocycles. The number of carbonyl (C=O) groups excluding carboxylic acids is 2. The van der Waals surface area contributed by atoms with Crippen LogP contribution in [0, 0.1) is 0 Å². The highest BCUT2D eigenvalue weighted by molar-refractivity contribution is 6.00. The molecule has 2 aromatic carbocycles. The zero-order chi connectivity index (χ0) is 18.5. The topological polar surface area (TPSA) is 80.3 Å². The predicted molar refractivity (Wildman–Crippen MR) is 91.6 cm³/mol. The normalized spacial score (nSPS) is 12.2. The van der Waals surface area contributed by atoms with Crippen molar-refractivity contribution in [2.24, 2.45) is 0 Å². The zero-order valence-electron chi connectivity index (χ0n) is 14.4. The minimum Gasteiger partial charge on any atom is -0.497 e. The van der Waals surface area contributed by atoms with Crippen LogP contribution in [0.25, 0.3) is 0 Å². The molecule has 1 aliphatic rings. The molecule has 0 unspecified atom stereocenters. The molecule has 3 rings (SSSR count). The van der Waals surface area contributed by atoms with Crippen molar-refractivity contribution in [2.75, 3.05) is 34.0 Å². The van der Waals surface area contributed by atoms with Gasteiger partial charge < -0.3 is 23.7 Å². The van der Waals surface area contributed by atoms with Crippen LogP contribution < -0.4 is 18.9 Å². The number of benzene rings is 2. The second-order valence-electron chi connectivity index (χ2n) is 5.46. The standard InChI is InChI=1S/C19H18O7/c1-22-14-7-13(8-15(10-14)23-2)19(21)26-11-16(20)12-3-4-17-18(9-12)25-6-5-24-17/h3-4,7-10H,5-6,11H2,1-2H3. The van der Waals surface area contributed by atoms with Crippen LogP contribution in [0.15, 0.2) is 36.4 Å². The number of fused-ring (bicyclic) bond motifs is 1. The molecule has 0 saturated heterocycles. The summed E-state index contributed by atoms with van der Waals surface area (Å²) in [5.41, 5.74) is 0.612. The summed E-state index contributed by atoms with van der Waals surface area (Å²) >= 11 is 0. The number of methoxy groups -OCH3 is 2. The summed E-state index contributed by atoms with van der Waals surface area (Å²) in [6, 6.07) is 9.52. The molecular formula is C19H18O7. The number of hydrogen-bond donors (Lipinski definition) is 0. The van der Waals surface area contributed by atoms with Crippen LogP contribution in [-0.4, -0.2) is 45.8 Å². The van der Waals surface area contributed by atoms with Gasteiger partial charge in [-0.15, -0.1) is 0 Å². The van der Waals surface area contributed by atoms with E-state index in [1.165, 1.54) is 26.4 Å². The molecule has 1 aliphatic heterocycles. The maximum atomic E-state index is 12.3. The Morgan fingerprint density at radius 3 is 2.19 bits per heavy atom. The summed E-state index contributed by atoms with van der Waals surface area (Å²) in [6.07, 6.45) is 0. The van der Waals surface area contributed by atoms with Gasteiger partial charge in [0.05, 0.1) is 19.8 Å². The van der Waals surface area contributed by atoms with E-state index in [-0.39, 0.29) is 11.3 Å². The highest BCUT2D eigenvalue weighted by Crippen LogP contribution is 2.31. The Hall–Kier alpha value is -3.22. The van der Waals surface area contributed by atoms with Gasteiger partial charge in [-0.25, -0.2) is 4.79 Å². The molecule has 0 N–H and O–H groups in total. The van der Waals surface area contributed by atoms with Crippen LogP contribution in [0.5, 0.6) is 23.0 Å². The van der Waals surface area contributed by atoms with Crippen molar-refractivity contribution in [1.29, 1.82) is 0 Å². The first-order valence-corrected chi connectivity index (χ1v) is 7.94. The van der Waals surface area contributed by atoms with Gasteiger partial charge >= 0.3 is 5.97 Å². The Morgan fingerprint density at radius 2 is 1.54 bits per heavy atom. The monoisotopic (exact) mass is 358 g/mol. The lowest BCUT2D eigenvalue weighted by atomic mass is 10.1. The third kappa shape index (κ3) is 3.88. The molecule has 7 heteroatoms. The van der Waals surface area contributed by atoms with E-state index >= 15 is 0 Å². The molecule has 0 spiro atoms. The lowest BCUT2D eigenvalue weighted by Crippen LogP contribution is -2.17. The molecule has 0 saturated carbocycles. The van der Waals surface area contributed by atoms with E-state index in [1.54, 1.807) is 24.3 Å². The van der Waals surface area contributed by atoms with E-state index in [9.17, 15) is 9.59 Å². The Kier molecular flexibility index (Phi) is 5.26. The van der Waals surface area contributed by atoms with E-state index in [4.69, 9.17) is 23.7 Å². The average molecular weight is 358 g/mol. The van der Waals surface area contributed by atoms with Gasteiger partial charge in [-0.05, 0) is 30.3 Å². The average Bonchev–Trinajstić information content (AvgIpc) is 2.70. The fourth-order valence-corrected chi connectivity index (χ4v) is 2.44. The van der Waals surface area contributed by atoms with Crippen molar-refractivity contribution in [1.82, 2.24) is 0 Å². The molecule has 0 aromatic heterocycles. The molecule has 1 heterocycles. The molecule has 0 atom stereocenters. The fourth-order valence-electron chi connectivity index (χ4n) is 2.44. The fraction of sp³-hybridized carbons (Fsp3) is 0.263. The minimum absolute atomic E-state index is 0.233. The van der Waals surface area contributed by atoms with E-state index < -0.39 is 12.6 Å². The molecule has 0 amide bonds. The smallest absolute Gasteiger partial charge is 0.338 e. The molecular weight excluding hydrogens is 340 g/mol. The third-order valence-corrected chi connectivity index (χ3v) is 3.79. The van der Waals surface area contributed by atoms with Gasteiger partial charge in [-0.1, -0.05) is 0 Å². The number of rotatable bonds is 6. The van der Waals surface area contributed by atoms with Gasteiger partial charge in [-0.2, -0.15) is 0 Å². The number of ether oxygens (including phenoxy) is 5. The molecule has 7 nitrogen and oxygen atoms in total. The lowest BCUT2D eigenvalue weighted by molar-refractivity contribution is 0.0474. The maximum Gasteiger partial charge on any atom is 0.338 e. The molecule has 0 fully saturated rings. The van der Waals surface area contributed by atoms with Gasteiger partial charge in [0.15, 0.2) is 23.9 Å². The van der Waals surface area contributed by atoms with Crippen molar-refractivity contribution in [3.05, 3.63) is 47.5 Å². The second kappa shape index (κ2) is 7.77. The summed E-state index contributed by atoms with van der Waals surface area (Å²) in [5, 5.41) is 0. The molecule has 136 valence electrons. The zero-order valence-corrected chi connectivity index (χ0v) is 14.4. The number of Topliss-reactive ketones (excluding diaryl/α,β-unsaturated/α-hetero) is 1. The maximum absolute atomic E-state index is 12.3. The molecule has 0 radical (unpaired) electrons. The van der Waals surface area contributed by atoms with Gasteiger partial charge in [0.2, 0.25) is 0 Å². The minimum atomic E-state index is -0.645. The van der Waals surface area contributed by atoms with Crippen LogP contribution in [-0.2, 0) is 4.74 Å². The van der Waals surface area contributed by atoms with Crippen LogP contribution in [0.1, 0.15) is 20.7 Å². The largest absolute Gasteiger partial charge is 0.497 e. The molecule has 0 bridgehead atoms. The summed E-state index contributed by atoms with van der Waals surface area (Å²) in [7, 11) is 2.96. The summed E-state index contributed by atoms with van der Waals surface area (Å²) in [6.45, 7) is 0.511. The van der Waals surface area contributed by atoms with Crippen molar-refractivity contribution >= 4 is 11.8 Å². The number of carbonyl (C=O) groups is 2. The Morgan fingerprint density at radius 1 is 0.885 bits per heavy atom. The van der Waals surface area contributed by atoms with Gasteiger partial charge in [0, 0.05) is 11.6 Å². The van der Waals surface area contributed by atoms with Gasteiger partial charge in [-0.3, -0.25) is 4.79 Å². The van der Waals surface area contributed by atoms with Gasteiger partial charge in [0.1, 0.15) is 24.7 Å². The second-order valence-corrected chi connectivity index (χ2v) is 5.46. The quantitative estimate of drug-likeness (QED) is 0.580. The van der Waals surface area contributed by atoms with E-state index in [0.29, 0.717) is 41.8 Å². The third-order valence-electron chi connectivity index (χ3n) is 3.79. The van der Waals surface area contributed by atoms with E-state index in [0.717, 1.165) is 0 Å². The Labute approximate surface area is 150 Å². The molecule has 26 heavy (non-hydrogen) atoms. The van der Waals surface area contributed by atoms with Crippen molar-refractivity contribution < 1.29 is 33.3 Å². The van der Waals surface area contributed by atoms with Crippen molar-refractivity contribution in [3.63, 3.8) is 0 Å². The van der Waals surface area contributed by atoms with Crippen LogP contribution in [0.3, 0.4) is 0 Å². The lowest BCUT2D eigenvalue weighted by Gasteiger charge is -2.18. The van der Waals surface area contributed by atoms with Crippen LogP contribution in [0.2, 0.25) is 0 Å². The first-order chi connectivity index (χ1) is 12.6. The van der Waals surface area contributed by atoms with E-state index in [2.05, 4.69) is 0 Å². The van der Waals surface area contributed by atoms with Crippen LogP contribution >= 0.6 is 0 Å². The van der Waals surface area contributed by atoms with Crippen molar-refractivity contribution in [2.45, 2.75) is 0 Å². The Balaban J connectivity index is 1.67. The highest BCUT2D eigenvalue weighted by atomic mass is 16.6. The summed E-state index contributed by atoms with van der Waals surface area (Å²) < 4.78 is 26.2. The summed E-state index contributed by atoms with van der Waals surface area (Å²) in [5.74, 6) is 1.02. The highest BCUT2D eigenvalue weighted by Gasteiger charge is 2.17. The Bertz CT molecular complexity index is 806. The number of esters is 1. The first-order valence-electron chi connectivity index (χ1n) is 7.94. The van der Waals surface area contributed by atoms with Gasteiger partial charge in [0.25, 0.3) is 0 Å². The number of hydrogen-bond acceptors (Lipinski definition) is 7.